The third kappa shape index (κ3) is 1.91. The van der Waals surface area contributed by atoms with E-state index in [-0.39, 0.29) is 11.8 Å². The normalized spacial score (nSPS) is 28.8. The van der Waals surface area contributed by atoms with E-state index < -0.39 is 18.7 Å². The van der Waals surface area contributed by atoms with Crippen LogP contribution in [0.1, 0.15) is 24.3 Å². The lowest BCUT2D eigenvalue weighted by Crippen LogP contribution is -2.56. The minimum atomic E-state index is -1.47. The molecule has 3 rings (SSSR count). The van der Waals surface area contributed by atoms with Crippen molar-refractivity contribution < 1.29 is 19.6 Å². The highest BCUT2D eigenvalue weighted by molar-refractivity contribution is 6.58. The van der Waals surface area contributed by atoms with Crippen molar-refractivity contribution in [3.8, 4) is 0 Å². The molecule has 1 heterocycles. The summed E-state index contributed by atoms with van der Waals surface area (Å²) >= 11 is 0. The van der Waals surface area contributed by atoms with E-state index in [1.807, 2.05) is 12.1 Å². The fourth-order valence-electron chi connectivity index (χ4n) is 2.77. The molecule has 1 saturated carbocycles. The van der Waals surface area contributed by atoms with E-state index in [2.05, 4.69) is 10.6 Å². The van der Waals surface area contributed by atoms with Crippen molar-refractivity contribution in [2.24, 2.45) is 0 Å². The molecular formula is C12H13BN2O4. The van der Waals surface area contributed by atoms with Gasteiger partial charge in [0.25, 0.3) is 5.91 Å². The van der Waals surface area contributed by atoms with Gasteiger partial charge in [0.15, 0.2) is 0 Å². The Labute approximate surface area is 110 Å². The van der Waals surface area contributed by atoms with Crippen LogP contribution in [0.3, 0.4) is 0 Å². The maximum atomic E-state index is 11.6. The number of nitrogens with one attached hydrogen (secondary N) is 2. The second-order valence-electron chi connectivity index (χ2n) is 5.14. The molecule has 1 aliphatic heterocycles. The van der Waals surface area contributed by atoms with Crippen LogP contribution in [0.15, 0.2) is 24.3 Å². The molecule has 19 heavy (non-hydrogen) atoms. The van der Waals surface area contributed by atoms with Crippen LogP contribution in [-0.2, 0) is 4.79 Å². The summed E-state index contributed by atoms with van der Waals surface area (Å²) in [5.41, 5.74) is 0.727. The summed E-state index contributed by atoms with van der Waals surface area (Å²) in [7, 11) is -1.47. The maximum absolute atomic E-state index is 11.6. The second-order valence-corrected chi connectivity index (χ2v) is 5.14. The van der Waals surface area contributed by atoms with Gasteiger partial charge in [-0.15, -0.1) is 0 Å². The minimum Gasteiger partial charge on any atom is -0.423 e. The SMILES string of the molecule is O=C1NC(=O)C2(CC(c3ccc(B(O)O)cc3)C2)N1. The predicted molar refractivity (Wildman–Crippen MR) is 67.6 cm³/mol. The summed E-state index contributed by atoms with van der Waals surface area (Å²) < 4.78 is 0. The number of rotatable bonds is 2. The van der Waals surface area contributed by atoms with E-state index in [1.165, 1.54) is 0 Å². The summed E-state index contributed by atoms with van der Waals surface area (Å²) in [4.78, 5) is 22.8. The molecule has 1 saturated heterocycles. The molecule has 1 aliphatic carbocycles. The van der Waals surface area contributed by atoms with Crippen molar-refractivity contribution in [1.82, 2.24) is 10.6 Å². The van der Waals surface area contributed by atoms with Gasteiger partial charge in [0.05, 0.1) is 0 Å². The van der Waals surface area contributed by atoms with Crippen LogP contribution in [0.2, 0.25) is 0 Å². The lowest BCUT2D eigenvalue weighted by molar-refractivity contribution is -0.127. The highest BCUT2D eigenvalue weighted by Gasteiger charge is 2.55. The average Bonchev–Trinajstić information content (AvgIpc) is 2.62. The maximum Gasteiger partial charge on any atom is 0.488 e. The molecule has 1 spiro atoms. The second kappa shape index (κ2) is 4.08. The highest BCUT2D eigenvalue weighted by Crippen LogP contribution is 2.45. The van der Waals surface area contributed by atoms with Gasteiger partial charge in [0.2, 0.25) is 0 Å². The Kier molecular flexibility index (Phi) is 2.62. The van der Waals surface area contributed by atoms with E-state index in [1.54, 1.807) is 12.1 Å². The van der Waals surface area contributed by atoms with Gasteiger partial charge in [-0.1, -0.05) is 24.3 Å². The fraction of sp³-hybridized carbons (Fsp3) is 0.333. The number of urea groups is 1. The molecule has 0 atom stereocenters. The number of carbonyl (C=O) groups excluding carboxylic acids is 2. The first-order chi connectivity index (χ1) is 9.00. The molecule has 1 aromatic carbocycles. The Hall–Kier alpha value is -1.86. The van der Waals surface area contributed by atoms with Crippen molar-refractivity contribution in [2.45, 2.75) is 24.3 Å². The standard InChI is InChI=1S/C12H13BN2O4/c16-10-12(15-11(17)14-10)5-8(6-12)7-1-3-9(4-2-7)13(18)19/h1-4,8,18-19H,5-6H2,(H2,14,15,16,17). The van der Waals surface area contributed by atoms with Crippen LogP contribution in [-0.4, -0.2) is 34.6 Å². The van der Waals surface area contributed by atoms with Gasteiger partial charge in [-0.05, 0) is 29.8 Å². The average molecular weight is 260 g/mol. The summed E-state index contributed by atoms with van der Waals surface area (Å²) in [6.45, 7) is 0. The number of carbonyl (C=O) groups is 2. The van der Waals surface area contributed by atoms with E-state index in [0.29, 0.717) is 18.3 Å². The van der Waals surface area contributed by atoms with E-state index in [4.69, 9.17) is 10.0 Å². The third-order valence-corrected chi connectivity index (χ3v) is 3.91. The molecule has 7 heteroatoms. The number of imide groups is 1. The summed E-state index contributed by atoms with van der Waals surface area (Å²) in [6.07, 6.45) is 1.15. The molecular weight excluding hydrogens is 247 g/mol. The molecule has 2 fully saturated rings. The van der Waals surface area contributed by atoms with Crippen LogP contribution in [0.5, 0.6) is 0 Å². The Balaban J connectivity index is 1.70. The van der Waals surface area contributed by atoms with E-state index in [9.17, 15) is 9.59 Å². The first kappa shape index (κ1) is 12.2. The van der Waals surface area contributed by atoms with Crippen LogP contribution in [0.25, 0.3) is 0 Å². The summed E-state index contributed by atoms with van der Waals surface area (Å²) in [5.74, 6) is -0.0508. The Morgan fingerprint density at radius 1 is 1.16 bits per heavy atom. The highest BCUT2D eigenvalue weighted by atomic mass is 16.4. The first-order valence-corrected chi connectivity index (χ1v) is 6.10. The Morgan fingerprint density at radius 2 is 1.79 bits per heavy atom. The van der Waals surface area contributed by atoms with Crippen LogP contribution in [0.4, 0.5) is 4.79 Å². The van der Waals surface area contributed by atoms with Crippen molar-refractivity contribution in [3.05, 3.63) is 29.8 Å². The smallest absolute Gasteiger partial charge is 0.423 e. The van der Waals surface area contributed by atoms with Crippen molar-refractivity contribution >= 4 is 24.5 Å². The zero-order chi connectivity index (χ0) is 13.6. The van der Waals surface area contributed by atoms with Crippen molar-refractivity contribution in [3.63, 3.8) is 0 Å². The van der Waals surface area contributed by atoms with Crippen molar-refractivity contribution in [2.75, 3.05) is 0 Å². The van der Waals surface area contributed by atoms with E-state index >= 15 is 0 Å². The minimum absolute atomic E-state index is 0.203. The van der Waals surface area contributed by atoms with Gasteiger partial charge in [0.1, 0.15) is 5.54 Å². The number of amides is 3. The molecule has 3 amide bonds. The predicted octanol–water partition coefficient (Wildman–Crippen LogP) is -1.18. The molecule has 0 bridgehead atoms. The van der Waals surface area contributed by atoms with Gasteiger partial charge < -0.3 is 15.4 Å². The summed E-state index contributed by atoms with van der Waals surface area (Å²) in [5, 5.41) is 22.9. The molecule has 0 unspecified atom stereocenters. The van der Waals surface area contributed by atoms with Gasteiger partial charge >= 0.3 is 13.1 Å². The van der Waals surface area contributed by atoms with Crippen LogP contribution < -0.4 is 16.1 Å². The zero-order valence-electron chi connectivity index (χ0n) is 10.1. The van der Waals surface area contributed by atoms with Gasteiger partial charge in [0, 0.05) is 0 Å². The zero-order valence-corrected chi connectivity index (χ0v) is 10.1. The molecule has 2 aliphatic rings. The van der Waals surface area contributed by atoms with Crippen LogP contribution in [0, 0.1) is 0 Å². The summed E-state index contributed by atoms with van der Waals surface area (Å²) in [6, 6.07) is 6.51. The molecule has 98 valence electrons. The molecule has 1 aromatic rings. The quantitative estimate of drug-likeness (QED) is 0.397. The molecule has 6 nitrogen and oxygen atoms in total. The van der Waals surface area contributed by atoms with Gasteiger partial charge in [-0.3, -0.25) is 10.1 Å². The lowest BCUT2D eigenvalue weighted by atomic mass is 9.65. The molecule has 0 aromatic heterocycles. The van der Waals surface area contributed by atoms with Crippen LogP contribution >= 0.6 is 0 Å². The third-order valence-electron chi connectivity index (χ3n) is 3.91. The fourth-order valence-corrected chi connectivity index (χ4v) is 2.77. The largest absolute Gasteiger partial charge is 0.488 e. The van der Waals surface area contributed by atoms with Gasteiger partial charge in [-0.2, -0.15) is 0 Å². The molecule has 4 N–H and O–H groups in total. The van der Waals surface area contributed by atoms with E-state index in [0.717, 1.165) is 5.56 Å². The number of hydrogen-bond acceptors (Lipinski definition) is 4. The number of benzene rings is 1. The van der Waals surface area contributed by atoms with Gasteiger partial charge in [-0.25, -0.2) is 4.79 Å². The monoisotopic (exact) mass is 260 g/mol. The Bertz CT molecular complexity index is 537. The van der Waals surface area contributed by atoms with Crippen molar-refractivity contribution in [1.29, 1.82) is 0 Å². The first-order valence-electron chi connectivity index (χ1n) is 6.10. The Morgan fingerprint density at radius 3 is 2.26 bits per heavy atom. The molecule has 0 radical (unpaired) electrons. The lowest BCUT2D eigenvalue weighted by Gasteiger charge is -2.42. The topological polar surface area (TPSA) is 98.7 Å². The number of hydrogen-bond donors (Lipinski definition) is 4.